The second-order valence-corrected chi connectivity index (χ2v) is 6.33. The van der Waals surface area contributed by atoms with Crippen molar-refractivity contribution in [2.75, 3.05) is 0 Å². The molecule has 1 aliphatic carbocycles. The molecule has 1 aliphatic rings. The summed E-state index contributed by atoms with van der Waals surface area (Å²) < 4.78 is 5.62. The minimum atomic E-state index is -1.20. The maximum absolute atomic E-state index is 12.4. The monoisotopic (exact) mass is 314 g/mol. The molecule has 0 amide bonds. The van der Waals surface area contributed by atoms with Crippen molar-refractivity contribution in [1.29, 1.82) is 0 Å². The Labute approximate surface area is 135 Å². The van der Waals surface area contributed by atoms with Gasteiger partial charge < -0.3 is 9.52 Å². The number of carboxylic acid groups (broad SMARTS) is 1. The van der Waals surface area contributed by atoms with Crippen molar-refractivity contribution < 1.29 is 14.3 Å². The third-order valence-electron chi connectivity index (χ3n) is 4.89. The van der Waals surface area contributed by atoms with Gasteiger partial charge in [-0.15, -0.1) is 0 Å². The van der Waals surface area contributed by atoms with Crippen LogP contribution in [0.2, 0.25) is 0 Å². The van der Waals surface area contributed by atoms with E-state index in [1.54, 1.807) is 0 Å². The number of hydrogen-bond donors (Lipinski definition) is 1. The second-order valence-electron chi connectivity index (χ2n) is 6.33. The van der Waals surface area contributed by atoms with E-state index in [2.05, 4.69) is 13.8 Å². The highest BCUT2D eigenvalue weighted by Gasteiger charge is 2.25. The van der Waals surface area contributed by atoms with Crippen LogP contribution in [-0.2, 0) is 12.8 Å². The van der Waals surface area contributed by atoms with Crippen LogP contribution in [0, 0.1) is 0 Å². The topological polar surface area (TPSA) is 67.5 Å². The summed E-state index contributed by atoms with van der Waals surface area (Å²) in [7, 11) is 0. The summed E-state index contributed by atoms with van der Waals surface area (Å²) in [4.78, 5) is 23.6. The molecule has 2 aromatic rings. The second kappa shape index (κ2) is 6.19. The highest BCUT2D eigenvalue weighted by atomic mass is 16.4. The first-order chi connectivity index (χ1) is 11.1. The standard InChI is InChI=1S/C19H22O4/c1-3-6-13-12-8-5-7-11(4-2)14(12)9-15-16(20)10-17(19(21)22)23-18(13)15/h9-11H,3-8H2,1-2H3,(H,21,22). The number of hydrogen-bond acceptors (Lipinski definition) is 3. The number of rotatable bonds is 4. The quantitative estimate of drug-likeness (QED) is 0.915. The van der Waals surface area contributed by atoms with Crippen LogP contribution in [0.1, 0.15) is 72.7 Å². The van der Waals surface area contributed by atoms with E-state index in [1.165, 1.54) is 11.1 Å². The third kappa shape index (κ3) is 2.67. The van der Waals surface area contributed by atoms with E-state index < -0.39 is 5.97 Å². The van der Waals surface area contributed by atoms with Crippen LogP contribution in [0.15, 0.2) is 21.3 Å². The normalized spacial score (nSPS) is 17.2. The lowest BCUT2D eigenvalue weighted by molar-refractivity contribution is 0.0663. The lowest BCUT2D eigenvalue weighted by atomic mass is 9.78. The number of carboxylic acids is 1. The maximum atomic E-state index is 12.4. The molecule has 1 unspecified atom stereocenters. The molecule has 0 bridgehead atoms. The molecule has 23 heavy (non-hydrogen) atoms. The van der Waals surface area contributed by atoms with Gasteiger partial charge in [0.2, 0.25) is 5.76 Å². The molecule has 3 rings (SSSR count). The predicted molar refractivity (Wildman–Crippen MR) is 89.4 cm³/mol. The lowest BCUT2D eigenvalue weighted by Gasteiger charge is -2.27. The minimum absolute atomic E-state index is 0.260. The van der Waals surface area contributed by atoms with E-state index in [0.717, 1.165) is 50.2 Å². The van der Waals surface area contributed by atoms with E-state index in [4.69, 9.17) is 4.42 Å². The summed E-state index contributed by atoms with van der Waals surface area (Å²) in [6.45, 7) is 4.27. The molecule has 0 saturated heterocycles. The van der Waals surface area contributed by atoms with Crippen LogP contribution in [0.5, 0.6) is 0 Å². The molecule has 1 aromatic heterocycles. The van der Waals surface area contributed by atoms with Crippen LogP contribution < -0.4 is 5.43 Å². The van der Waals surface area contributed by atoms with Crippen molar-refractivity contribution in [2.24, 2.45) is 0 Å². The first-order valence-corrected chi connectivity index (χ1v) is 8.42. The van der Waals surface area contributed by atoms with Gasteiger partial charge in [-0.25, -0.2) is 4.79 Å². The molecule has 0 saturated carbocycles. The van der Waals surface area contributed by atoms with E-state index in [1.807, 2.05) is 6.07 Å². The molecule has 0 aliphatic heterocycles. The fourth-order valence-electron chi connectivity index (χ4n) is 3.80. The van der Waals surface area contributed by atoms with Gasteiger partial charge in [0.15, 0.2) is 5.43 Å². The Morgan fingerprint density at radius 2 is 2.13 bits per heavy atom. The number of benzene rings is 1. The molecule has 0 radical (unpaired) electrons. The SMILES string of the molecule is CCCc1c2c(cc3c(=O)cc(C(=O)O)oc13)C(CC)CCC2. The van der Waals surface area contributed by atoms with Crippen molar-refractivity contribution in [3.63, 3.8) is 0 Å². The van der Waals surface area contributed by atoms with Crippen molar-refractivity contribution >= 4 is 16.9 Å². The Morgan fingerprint density at radius 3 is 2.78 bits per heavy atom. The van der Waals surface area contributed by atoms with Gasteiger partial charge in [-0.1, -0.05) is 20.3 Å². The summed E-state index contributed by atoms with van der Waals surface area (Å²) in [5.41, 5.74) is 3.81. The number of aryl methyl sites for hydroxylation is 1. The number of carbonyl (C=O) groups is 1. The molecule has 122 valence electrons. The summed E-state index contributed by atoms with van der Waals surface area (Å²) in [5, 5.41) is 9.70. The average Bonchev–Trinajstić information content (AvgIpc) is 2.54. The molecule has 4 heteroatoms. The minimum Gasteiger partial charge on any atom is -0.475 e. The first kappa shape index (κ1) is 15.8. The number of fused-ring (bicyclic) bond motifs is 2. The van der Waals surface area contributed by atoms with Gasteiger partial charge in [-0.3, -0.25) is 4.79 Å². The van der Waals surface area contributed by atoms with Gasteiger partial charge in [0.25, 0.3) is 0 Å². The van der Waals surface area contributed by atoms with Gasteiger partial charge in [0, 0.05) is 6.07 Å². The third-order valence-corrected chi connectivity index (χ3v) is 4.89. The van der Waals surface area contributed by atoms with E-state index in [9.17, 15) is 14.7 Å². The van der Waals surface area contributed by atoms with Crippen LogP contribution in [0.4, 0.5) is 0 Å². The van der Waals surface area contributed by atoms with Crippen LogP contribution in [0.3, 0.4) is 0 Å². The number of aromatic carboxylic acids is 1. The molecule has 1 aromatic carbocycles. The largest absolute Gasteiger partial charge is 0.475 e. The van der Waals surface area contributed by atoms with E-state index in [-0.39, 0.29) is 11.2 Å². The highest BCUT2D eigenvalue weighted by molar-refractivity contribution is 5.89. The van der Waals surface area contributed by atoms with Crippen molar-refractivity contribution in [3.8, 4) is 0 Å². The molecule has 1 heterocycles. The smallest absolute Gasteiger partial charge is 0.371 e. The zero-order chi connectivity index (χ0) is 16.6. The highest BCUT2D eigenvalue weighted by Crippen LogP contribution is 2.39. The fourth-order valence-corrected chi connectivity index (χ4v) is 3.80. The van der Waals surface area contributed by atoms with Gasteiger partial charge in [0.05, 0.1) is 5.39 Å². The van der Waals surface area contributed by atoms with Crippen LogP contribution in [0.25, 0.3) is 11.0 Å². The van der Waals surface area contributed by atoms with Crippen molar-refractivity contribution in [3.05, 3.63) is 44.8 Å². The average molecular weight is 314 g/mol. The predicted octanol–water partition coefficient (Wildman–Crippen LogP) is 4.27. The summed E-state index contributed by atoms with van der Waals surface area (Å²) in [6.07, 6.45) is 6.07. The fraction of sp³-hybridized carbons (Fsp3) is 0.474. The lowest BCUT2D eigenvalue weighted by Crippen LogP contribution is -2.15. The van der Waals surface area contributed by atoms with Gasteiger partial charge >= 0.3 is 5.97 Å². The van der Waals surface area contributed by atoms with Gasteiger partial charge in [-0.2, -0.15) is 0 Å². The zero-order valence-corrected chi connectivity index (χ0v) is 13.6. The Kier molecular flexibility index (Phi) is 4.24. The first-order valence-electron chi connectivity index (χ1n) is 8.42. The molecule has 1 atom stereocenters. The Bertz CT molecular complexity index is 816. The van der Waals surface area contributed by atoms with Crippen LogP contribution >= 0.6 is 0 Å². The molecular weight excluding hydrogens is 292 g/mol. The summed E-state index contributed by atoms with van der Waals surface area (Å²) in [5.74, 6) is -0.990. The van der Waals surface area contributed by atoms with E-state index in [0.29, 0.717) is 16.9 Å². The summed E-state index contributed by atoms with van der Waals surface area (Å²) >= 11 is 0. The molecule has 0 fully saturated rings. The zero-order valence-electron chi connectivity index (χ0n) is 13.6. The van der Waals surface area contributed by atoms with Crippen molar-refractivity contribution in [1.82, 2.24) is 0 Å². The maximum Gasteiger partial charge on any atom is 0.371 e. The Hall–Kier alpha value is -2.10. The van der Waals surface area contributed by atoms with Crippen LogP contribution in [-0.4, -0.2) is 11.1 Å². The van der Waals surface area contributed by atoms with Gasteiger partial charge in [0.1, 0.15) is 5.58 Å². The summed E-state index contributed by atoms with van der Waals surface area (Å²) in [6, 6.07) is 3.05. The molecule has 4 nitrogen and oxygen atoms in total. The van der Waals surface area contributed by atoms with E-state index >= 15 is 0 Å². The van der Waals surface area contributed by atoms with Crippen molar-refractivity contribution in [2.45, 2.75) is 58.3 Å². The molecular formula is C19H22O4. The molecule has 0 spiro atoms. The van der Waals surface area contributed by atoms with Gasteiger partial charge in [-0.05, 0) is 60.8 Å². The molecule has 1 N–H and O–H groups in total. The Balaban J connectivity index is 2.38. The Morgan fingerprint density at radius 1 is 1.35 bits per heavy atom.